The second-order valence-corrected chi connectivity index (χ2v) is 7.35. The molecule has 2 heterocycles. The number of β-amino-alcohol motifs (C(OH)–C–C–N with tert-alkyl or cyclic N) is 1. The van der Waals surface area contributed by atoms with Gasteiger partial charge < -0.3 is 14.7 Å². The standard InChI is InChI=1S/C16H29NO2/c1-13-10-16(18,12-17(13)2)14-6-9-19-15(11-14)7-4-3-5-8-15/h13-14,18H,3-12H2,1-2H3. The molecule has 3 fully saturated rings. The summed E-state index contributed by atoms with van der Waals surface area (Å²) in [6.07, 6.45) is 9.46. The van der Waals surface area contributed by atoms with Gasteiger partial charge in [0.2, 0.25) is 0 Å². The first-order valence-electron chi connectivity index (χ1n) is 8.10. The maximum Gasteiger partial charge on any atom is 0.0818 e. The Balaban J connectivity index is 1.71. The summed E-state index contributed by atoms with van der Waals surface area (Å²) in [6.45, 7) is 3.92. The topological polar surface area (TPSA) is 32.7 Å². The molecule has 0 aromatic rings. The van der Waals surface area contributed by atoms with Crippen LogP contribution in [0.25, 0.3) is 0 Å². The van der Waals surface area contributed by atoms with Crippen LogP contribution in [-0.2, 0) is 4.74 Å². The summed E-state index contributed by atoms with van der Waals surface area (Å²) in [5.74, 6) is 0.437. The lowest BCUT2D eigenvalue weighted by atomic mass is 9.70. The van der Waals surface area contributed by atoms with Crippen molar-refractivity contribution in [3.63, 3.8) is 0 Å². The fourth-order valence-corrected chi connectivity index (χ4v) is 4.65. The highest BCUT2D eigenvalue weighted by Crippen LogP contribution is 2.46. The molecule has 2 aliphatic heterocycles. The van der Waals surface area contributed by atoms with E-state index >= 15 is 0 Å². The van der Waals surface area contributed by atoms with Gasteiger partial charge in [-0.3, -0.25) is 0 Å². The predicted molar refractivity (Wildman–Crippen MR) is 76.2 cm³/mol. The number of hydrogen-bond donors (Lipinski definition) is 1. The molecule has 3 heteroatoms. The SMILES string of the molecule is CC1CC(O)(C2CCOC3(CCCCC3)C2)CN1C. The largest absolute Gasteiger partial charge is 0.388 e. The molecule has 19 heavy (non-hydrogen) atoms. The summed E-state index contributed by atoms with van der Waals surface area (Å²) in [5, 5.41) is 11.1. The van der Waals surface area contributed by atoms with Gasteiger partial charge in [0.05, 0.1) is 11.2 Å². The fraction of sp³-hybridized carbons (Fsp3) is 1.00. The molecule has 1 aliphatic carbocycles. The summed E-state index contributed by atoms with van der Waals surface area (Å²) in [7, 11) is 2.14. The Morgan fingerprint density at radius 3 is 2.53 bits per heavy atom. The molecule has 0 aromatic carbocycles. The Morgan fingerprint density at radius 1 is 1.16 bits per heavy atom. The Morgan fingerprint density at radius 2 is 1.89 bits per heavy atom. The lowest BCUT2D eigenvalue weighted by Crippen LogP contribution is -2.50. The van der Waals surface area contributed by atoms with Crippen molar-refractivity contribution in [3.8, 4) is 0 Å². The molecule has 110 valence electrons. The van der Waals surface area contributed by atoms with E-state index in [1.54, 1.807) is 0 Å². The summed E-state index contributed by atoms with van der Waals surface area (Å²) >= 11 is 0. The molecule has 3 rings (SSSR count). The minimum atomic E-state index is -0.470. The van der Waals surface area contributed by atoms with Gasteiger partial charge in [-0.15, -0.1) is 0 Å². The van der Waals surface area contributed by atoms with Crippen LogP contribution in [0.2, 0.25) is 0 Å². The van der Waals surface area contributed by atoms with Gasteiger partial charge in [-0.1, -0.05) is 19.3 Å². The van der Waals surface area contributed by atoms with Crippen molar-refractivity contribution in [1.29, 1.82) is 0 Å². The summed E-state index contributed by atoms with van der Waals surface area (Å²) in [5.41, 5.74) is -0.357. The van der Waals surface area contributed by atoms with E-state index in [0.29, 0.717) is 12.0 Å². The van der Waals surface area contributed by atoms with E-state index in [0.717, 1.165) is 32.4 Å². The van der Waals surface area contributed by atoms with Gasteiger partial charge in [-0.2, -0.15) is 0 Å². The van der Waals surface area contributed by atoms with Crippen molar-refractivity contribution in [3.05, 3.63) is 0 Å². The first-order valence-corrected chi connectivity index (χ1v) is 8.10. The van der Waals surface area contributed by atoms with Crippen LogP contribution in [0.3, 0.4) is 0 Å². The number of rotatable bonds is 1. The molecular weight excluding hydrogens is 238 g/mol. The average molecular weight is 267 g/mol. The van der Waals surface area contributed by atoms with Gasteiger partial charge in [-0.25, -0.2) is 0 Å². The summed E-state index contributed by atoms with van der Waals surface area (Å²) in [6, 6.07) is 0.509. The predicted octanol–water partition coefficient (Wildman–Crippen LogP) is 2.57. The van der Waals surface area contributed by atoms with Crippen LogP contribution in [0.15, 0.2) is 0 Å². The molecular formula is C16H29NO2. The number of hydrogen-bond acceptors (Lipinski definition) is 3. The highest BCUT2D eigenvalue weighted by Gasteiger charge is 2.50. The van der Waals surface area contributed by atoms with E-state index in [-0.39, 0.29) is 5.60 Å². The second-order valence-electron chi connectivity index (χ2n) is 7.35. The minimum absolute atomic E-state index is 0.112. The number of aliphatic hydroxyl groups is 1. The van der Waals surface area contributed by atoms with Crippen molar-refractivity contribution < 1.29 is 9.84 Å². The Kier molecular flexibility index (Phi) is 3.65. The molecule has 0 radical (unpaired) electrons. The lowest BCUT2D eigenvalue weighted by molar-refractivity contribution is -0.153. The molecule has 3 atom stereocenters. The normalized spacial score (nSPS) is 43.7. The third-order valence-electron chi connectivity index (χ3n) is 5.94. The Bertz CT molecular complexity index is 309. The van der Waals surface area contributed by atoms with Crippen LogP contribution >= 0.6 is 0 Å². The average Bonchev–Trinajstić information content (AvgIpc) is 2.65. The molecule has 2 saturated heterocycles. The highest BCUT2D eigenvalue weighted by molar-refractivity contribution is 5.02. The zero-order chi connectivity index (χ0) is 13.5. The maximum absolute atomic E-state index is 11.1. The van der Waals surface area contributed by atoms with Crippen LogP contribution in [0.4, 0.5) is 0 Å². The van der Waals surface area contributed by atoms with Crippen molar-refractivity contribution in [2.75, 3.05) is 20.2 Å². The van der Waals surface area contributed by atoms with Crippen molar-refractivity contribution in [2.45, 2.75) is 75.5 Å². The van der Waals surface area contributed by atoms with Crippen molar-refractivity contribution in [2.24, 2.45) is 5.92 Å². The van der Waals surface area contributed by atoms with Crippen molar-refractivity contribution >= 4 is 0 Å². The van der Waals surface area contributed by atoms with Gasteiger partial charge in [0.25, 0.3) is 0 Å². The van der Waals surface area contributed by atoms with Crippen LogP contribution in [0.1, 0.15) is 58.3 Å². The molecule has 1 saturated carbocycles. The van der Waals surface area contributed by atoms with E-state index < -0.39 is 5.60 Å². The van der Waals surface area contributed by atoms with E-state index in [4.69, 9.17) is 4.74 Å². The smallest absolute Gasteiger partial charge is 0.0818 e. The number of nitrogens with zero attached hydrogens (tertiary/aromatic N) is 1. The van der Waals surface area contributed by atoms with E-state index in [1.807, 2.05) is 0 Å². The zero-order valence-electron chi connectivity index (χ0n) is 12.5. The first kappa shape index (κ1) is 13.8. The molecule has 0 bridgehead atoms. The second kappa shape index (κ2) is 5.01. The Labute approximate surface area is 117 Å². The van der Waals surface area contributed by atoms with Crippen LogP contribution in [0, 0.1) is 5.92 Å². The fourth-order valence-electron chi connectivity index (χ4n) is 4.65. The molecule has 3 aliphatic rings. The summed E-state index contributed by atoms with van der Waals surface area (Å²) < 4.78 is 6.17. The zero-order valence-corrected chi connectivity index (χ0v) is 12.5. The number of likely N-dealkylation sites (tertiary alicyclic amines) is 1. The van der Waals surface area contributed by atoms with Gasteiger partial charge in [0.1, 0.15) is 0 Å². The Hall–Kier alpha value is -0.120. The number of likely N-dealkylation sites (N-methyl/N-ethyl adjacent to an activating group) is 1. The van der Waals surface area contributed by atoms with Gasteiger partial charge in [0, 0.05) is 19.2 Å². The minimum Gasteiger partial charge on any atom is -0.388 e. The molecule has 1 spiro atoms. The van der Waals surface area contributed by atoms with E-state index in [2.05, 4.69) is 18.9 Å². The lowest BCUT2D eigenvalue weighted by Gasteiger charge is -2.47. The van der Waals surface area contributed by atoms with Gasteiger partial charge in [-0.05, 0) is 52.0 Å². The van der Waals surface area contributed by atoms with Crippen LogP contribution < -0.4 is 0 Å². The number of ether oxygens (including phenoxy) is 1. The molecule has 1 N–H and O–H groups in total. The van der Waals surface area contributed by atoms with E-state index in [1.165, 1.54) is 32.1 Å². The molecule has 3 nitrogen and oxygen atoms in total. The molecule has 3 unspecified atom stereocenters. The summed E-state index contributed by atoms with van der Waals surface area (Å²) in [4.78, 5) is 2.31. The van der Waals surface area contributed by atoms with Gasteiger partial charge in [0.15, 0.2) is 0 Å². The van der Waals surface area contributed by atoms with Crippen LogP contribution in [-0.4, -0.2) is 47.4 Å². The highest BCUT2D eigenvalue weighted by atomic mass is 16.5. The third kappa shape index (κ3) is 2.57. The quantitative estimate of drug-likeness (QED) is 0.792. The van der Waals surface area contributed by atoms with Crippen molar-refractivity contribution in [1.82, 2.24) is 4.90 Å². The molecule has 0 amide bonds. The van der Waals surface area contributed by atoms with Crippen LogP contribution in [0.5, 0.6) is 0 Å². The third-order valence-corrected chi connectivity index (χ3v) is 5.94. The maximum atomic E-state index is 11.1. The van der Waals surface area contributed by atoms with Gasteiger partial charge >= 0.3 is 0 Å². The van der Waals surface area contributed by atoms with E-state index in [9.17, 15) is 5.11 Å². The molecule has 0 aromatic heterocycles. The first-order chi connectivity index (χ1) is 9.03. The monoisotopic (exact) mass is 267 g/mol.